The molecule has 1 aliphatic rings. The summed E-state index contributed by atoms with van der Waals surface area (Å²) < 4.78 is 29.5. The minimum Gasteiger partial charge on any atom is -0.468 e. The molecule has 0 spiro atoms. The summed E-state index contributed by atoms with van der Waals surface area (Å²) >= 11 is 0. The molecule has 1 N–H and O–H groups in total. The monoisotopic (exact) mass is 386 g/mol. The molecule has 7 nitrogen and oxygen atoms in total. The van der Waals surface area contributed by atoms with Gasteiger partial charge in [0.05, 0.1) is 22.7 Å². The molecule has 1 unspecified atom stereocenters. The Bertz CT molecular complexity index is 1030. The fraction of sp³-hybridized carbons (Fsp3) is 0.368. The largest absolute Gasteiger partial charge is 0.468 e. The van der Waals surface area contributed by atoms with Gasteiger partial charge in [-0.2, -0.15) is 0 Å². The number of aromatic nitrogens is 2. The Morgan fingerprint density at radius 3 is 2.74 bits per heavy atom. The van der Waals surface area contributed by atoms with Crippen molar-refractivity contribution < 1.29 is 12.8 Å². The van der Waals surface area contributed by atoms with Crippen molar-refractivity contribution in [1.82, 2.24) is 14.9 Å². The predicted molar refractivity (Wildman–Crippen MR) is 103 cm³/mol. The molecule has 3 heterocycles. The third kappa shape index (κ3) is 3.81. The van der Waals surface area contributed by atoms with E-state index in [1.807, 2.05) is 12.1 Å². The summed E-state index contributed by atoms with van der Waals surface area (Å²) in [7, 11) is -3.30. The van der Waals surface area contributed by atoms with E-state index in [1.165, 1.54) is 25.4 Å². The Labute approximate surface area is 158 Å². The number of nitrogens with one attached hydrogen (secondary N) is 1. The van der Waals surface area contributed by atoms with Crippen LogP contribution in [-0.2, 0) is 9.84 Å². The van der Waals surface area contributed by atoms with Gasteiger partial charge >= 0.3 is 0 Å². The molecule has 1 aliphatic heterocycles. The lowest BCUT2D eigenvalue weighted by Crippen LogP contribution is -2.31. The summed E-state index contributed by atoms with van der Waals surface area (Å²) in [6.07, 6.45) is 6.75. The molecule has 1 aromatic carbocycles. The van der Waals surface area contributed by atoms with Crippen LogP contribution in [0.1, 0.15) is 24.6 Å². The van der Waals surface area contributed by atoms with Crippen LogP contribution in [-0.4, -0.2) is 49.2 Å². The van der Waals surface area contributed by atoms with Gasteiger partial charge < -0.3 is 9.73 Å². The fourth-order valence-electron chi connectivity index (χ4n) is 3.54. The average molecular weight is 386 g/mol. The van der Waals surface area contributed by atoms with E-state index in [0.29, 0.717) is 23.3 Å². The summed E-state index contributed by atoms with van der Waals surface area (Å²) in [5, 5.41) is 4.08. The number of hydrogen-bond donors (Lipinski definition) is 1. The van der Waals surface area contributed by atoms with E-state index in [1.54, 1.807) is 24.5 Å². The number of fused-ring (bicyclic) bond motifs is 1. The molecule has 2 aromatic heterocycles. The lowest BCUT2D eigenvalue weighted by molar-refractivity contribution is 0.225. The number of likely N-dealkylation sites (tertiary alicyclic amines) is 1. The van der Waals surface area contributed by atoms with E-state index in [4.69, 9.17) is 4.42 Å². The van der Waals surface area contributed by atoms with Crippen LogP contribution in [0, 0.1) is 0 Å². The van der Waals surface area contributed by atoms with Crippen molar-refractivity contribution in [2.45, 2.75) is 23.8 Å². The predicted octanol–water partition coefficient (Wildman–Crippen LogP) is 2.88. The van der Waals surface area contributed by atoms with E-state index in [2.05, 4.69) is 20.2 Å². The van der Waals surface area contributed by atoms with Gasteiger partial charge in [0.2, 0.25) is 0 Å². The second-order valence-electron chi connectivity index (χ2n) is 6.83. The van der Waals surface area contributed by atoms with Crippen molar-refractivity contribution >= 4 is 26.6 Å². The molecule has 8 heteroatoms. The SMILES string of the molecule is CS(=O)(=O)c1ccc2ncnc(NCC(c3ccco3)N3CCCC3)c2c1. The Kier molecular flexibility index (Phi) is 4.84. The first kappa shape index (κ1) is 17.9. The number of sulfone groups is 1. The second kappa shape index (κ2) is 7.28. The zero-order chi connectivity index (χ0) is 18.9. The molecule has 0 aliphatic carbocycles. The standard InChI is InChI=1S/C19H22N4O3S/c1-27(24,25)14-6-7-16-15(11-14)19(22-13-21-16)20-12-17(18-5-4-10-26-18)23-8-2-3-9-23/h4-7,10-11,13,17H,2-3,8-9,12H2,1H3,(H,20,21,22). The second-order valence-corrected chi connectivity index (χ2v) is 8.84. The number of benzene rings is 1. The molecule has 0 saturated carbocycles. The van der Waals surface area contributed by atoms with E-state index in [9.17, 15) is 8.42 Å². The number of anilines is 1. The number of nitrogens with zero attached hydrogens (tertiary/aromatic N) is 3. The number of furan rings is 1. The van der Waals surface area contributed by atoms with Gasteiger partial charge in [-0.15, -0.1) is 0 Å². The summed E-state index contributed by atoms with van der Waals surface area (Å²) in [5.74, 6) is 1.54. The highest BCUT2D eigenvalue weighted by Gasteiger charge is 2.25. The summed E-state index contributed by atoms with van der Waals surface area (Å²) in [6, 6.07) is 8.91. The molecule has 3 aromatic rings. The van der Waals surface area contributed by atoms with Gasteiger partial charge in [0.25, 0.3) is 0 Å². The van der Waals surface area contributed by atoms with E-state index >= 15 is 0 Å². The van der Waals surface area contributed by atoms with Crippen LogP contribution in [0.3, 0.4) is 0 Å². The Morgan fingerprint density at radius 1 is 1.22 bits per heavy atom. The maximum absolute atomic E-state index is 11.9. The van der Waals surface area contributed by atoms with Crippen molar-refractivity contribution in [3.63, 3.8) is 0 Å². The van der Waals surface area contributed by atoms with Crippen molar-refractivity contribution in [3.8, 4) is 0 Å². The third-order valence-corrected chi connectivity index (χ3v) is 6.06. The van der Waals surface area contributed by atoms with Gasteiger partial charge in [0.1, 0.15) is 17.9 Å². The average Bonchev–Trinajstić information content (AvgIpc) is 3.35. The highest BCUT2D eigenvalue weighted by molar-refractivity contribution is 7.90. The van der Waals surface area contributed by atoms with E-state index in [0.717, 1.165) is 18.8 Å². The maximum atomic E-state index is 11.9. The molecule has 142 valence electrons. The molecule has 1 atom stereocenters. The minimum absolute atomic E-state index is 0.102. The number of rotatable bonds is 6. The molecule has 1 fully saturated rings. The van der Waals surface area contributed by atoms with Crippen molar-refractivity contribution in [3.05, 3.63) is 48.7 Å². The van der Waals surface area contributed by atoms with Gasteiger partial charge in [-0.3, -0.25) is 4.90 Å². The Morgan fingerprint density at radius 2 is 2.04 bits per heavy atom. The molecule has 27 heavy (non-hydrogen) atoms. The van der Waals surface area contributed by atoms with Gasteiger partial charge in [0, 0.05) is 18.2 Å². The number of hydrogen-bond acceptors (Lipinski definition) is 7. The van der Waals surface area contributed by atoms with Crippen LogP contribution in [0.4, 0.5) is 5.82 Å². The Balaban J connectivity index is 1.64. The zero-order valence-corrected chi connectivity index (χ0v) is 15.9. The van der Waals surface area contributed by atoms with E-state index in [-0.39, 0.29) is 10.9 Å². The zero-order valence-electron chi connectivity index (χ0n) is 15.1. The van der Waals surface area contributed by atoms with Crippen LogP contribution < -0.4 is 5.32 Å². The van der Waals surface area contributed by atoms with Crippen LogP contribution in [0.2, 0.25) is 0 Å². The van der Waals surface area contributed by atoms with Gasteiger partial charge in [-0.05, 0) is 56.3 Å². The topological polar surface area (TPSA) is 88.3 Å². The van der Waals surface area contributed by atoms with Crippen LogP contribution in [0.5, 0.6) is 0 Å². The lowest BCUT2D eigenvalue weighted by atomic mass is 10.2. The first-order valence-corrected chi connectivity index (χ1v) is 10.9. The van der Waals surface area contributed by atoms with E-state index < -0.39 is 9.84 Å². The van der Waals surface area contributed by atoms with Gasteiger partial charge in [-0.1, -0.05) is 0 Å². The Hall–Kier alpha value is -2.45. The van der Waals surface area contributed by atoms with Crippen LogP contribution in [0.15, 0.2) is 52.2 Å². The first-order valence-electron chi connectivity index (χ1n) is 8.98. The molecule has 0 radical (unpaired) electrons. The van der Waals surface area contributed by atoms with Crippen molar-refractivity contribution in [2.75, 3.05) is 31.2 Å². The maximum Gasteiger partial charge on any atom is 0.175 e. The van der Waals surface area contributed by atoms with Crippen LogP contribution in [0.25, 0.3) is 10.9 Å². The molecule has 1 saturated heterocycles. The molecular formula is C19H22N4O3S. The van der Waals surface area contributed by atoms with Crippen LogP contribution >= 0.6 is 0 Å². The van der Waals surface area contributed by atoms with Gasteiger partial charge in [0.15, 0.2) is 9.84 Å². The lowest BCUT2D eigenvalue weighted by Gasteiger charge is -2.26. The normalized spacial score (nSPS) is 16.6. The molecule has 0 amide bonds. The van der Waals surface area contributed by atoms with Crippen molar-refractivity contribution in [2.24, 2.45) is 0 Å². The van der Waals surface area contributed by atoms with Crippen molar-refractivity contribution in [1.29, 1.82) is 0 Å². The third-order valence-electron chi connectivity index (χ3n) is 4.95. The summed E-state index contributed by atoms with van der Waals surface area (Å²) in [5.41, 5.74) is 0.704. The minimum atomic E-state index is -3.30. The summed E-state index contributed by atoms with van der Waals surface area (Å²) in [6.45, 7) is 2.69. The first-order chi connectivity index (χ1) is 13.0. The highest BCUT2D eigenvalue weighted by atomic mass is 32.2. The molecule has 4 rings (SSSR count). The highest BCUT2D eigenvalue weighted by Crippen LogP contribution is 2.28. The quantitative estimate of drug-likeness (QED) is 0.697. The molecular weight excluding hydrogens is 364 g/mol. The van der Waals surface area contributed by atoms with Gasteiger partial charge in [-0.25, -0.2) is 18.4 Å². The molecule has 0 bridgehead atoms. The fourth-order valence-corrected chi connectivity index (χ4v) is 4.19. The summed E-state index contributed by atoms with van der Waals surface area (Å²) in [4.78, 5) is 11.2. The smallest absolute Gasteiger partial charge is 0.175 e.